The summed E-state index contributed by atoms with van der Waals surface area (Å²) < 4.78 is 24.0. The summed E-state index contributed by atoms with van der Waals surface area (Å²) in [6.07, 6.45) is 0. The van der Waals surface area contributed by atoms with Crippen LogP contribution in [0.25, 0.3) is 0 Å². The first-order chi connectivity index (χ1) is 9.79. The van der Waals surface area contributed by atoms with Gasteiger partial charge in [0.25, 0.3) is 10.0 Å². The van der Waals surface area contributed by atoms with Crippen molar-refractivity contribution in [3.63, 3.8) is 0 Å². The number of hydrogen-bond donors (Lipinski definition) is 1. The van der Waals surface area contributed by atoms with Gasteiger partial charge in [0, 0.05) is 0 Å². The zero-order valence-corrected chi connectivity index (χ0v) is 13.1. The summed E-state index contributed by atoms with van der Waals surface area (Å²) >= 11 is 0. The predicted molar refractivity (Wildman–Crippen MR) is 82.5 cm³/mol. The zero-order valence-electron chi connectivity index (χ0n) is 12.3. The van der Waals surface area contributed by atoms with Gasteiger partial charge in [-0.3, -0.25) is 0 Å². The highest BCUT2D eigenvalue weighted by atomic mass is 32.2. The first kappa shape index (κ1) is 15.5. The Morgan fingerprint density at radius 1 is 0.905 bits per heavy atom. The van der Waals surface area contributed by atoms with Crippen molar-refractivity contribution in [2.75, 3.05) is 0 Å². The van der Waals surface area contributed by atoms with Crippen molar-refractivity contribution in [3.8, 4) is 5.75 Å². The SMILES string of the molecule is CC(C)(C)c1ccc(ONS(=O)(=O)c2ccccc2)cc1. The fourth-order valence-electron chi connectivity index (χ4n) is 1.77. The van der Waals surface area contributed by atoms with Crippen LogP contribution in [-0.4, -0.2) is 8.42 Å². The molecule has 0 aliphatic carbocycles. The molecule has 5 heteroatoms. The van der Waals surface area contributed by atoms with Gasteiger partial charge in [0.1, 0.15) is 5.75 Å². The monoisotopic (exact) mass is 305 g/mol. The minimum atomic E-state index is -3.67. The summed E-state index contributed by atoms with van der Waals surface area (Å²) in [5.41, 5.74) is 1.20. The molecule has 0 radical (unpaired) electrons. The van der Waals surface area contributed by atoms with Crippen molar-refractivity contribution >= 4 is 10.0 Å². The van der Waals surface area contributed by atoms with Gasteiger partial charge in [-0.05, 0) is 40.1 Å². The van der Waals surface area contributed by atoms with Gasteiger partial charge in [0.05, 0.1) is 4.90 Å². The van der Waals surface area contributed by atoms with E-state index in [-0.39, 0.29) is 10.3 Å². The van der Waals surface area contributed by atoms with Crippen LogP contribution >= 0.6 is 0 Å². The lowest BCUT2D eigenvalue weighted by Crippen LogP contribution is -2.27. The smallest absolute Gasteiger partial charge is 0.271 e. The number of rotatable bonds is 4. The zero-order chi connectivity index (χ0) is 15.5. The fraction of sp³-hybridized carbons (Fsp3) is 0.250. The van der Waals surface area contributed by atoms with Crippen molar-refractivity contribution in [1.29, 1.82) is 0 Å². The van der Waals surface area contributed by atoms with Gasteiger partial charge in [-0.2, -0.15) is 0 Å². The van der Waals surface area contributed by atoms with Gasteiger partial charge in [-0.25, -0.2) is 8.42 Å². The van der Waals surface area contributed by atoms with Crippen LogP contribution in [0.5, 0.6) is 5.75 Å². The normalized spacial score (nSPS) is 12.1. The predicted octanol–water partition coefficient (Wildman–Crippen LogP) is 3.26. The molecule has 0 unspecified atom stereocenters. The molecule has 0 heterocycles. The van der Waals surface area contributed by atoms with E-state index in [0.717, 1.165) is 5.56 Å². The van der Waals surface area contributed by atoms with Crippen molar-refractivity contribution < 1.29 is 13.3 Å². The van der Waals surface area contributed by atoms with E-state index in [2.05, 4.69) is 25.7 Å². The highest BCUT2D eigenvalue weighted by Gasteiger charge is 2.15. The summed E-state index contributed by atoms with van der Waals surface area (Å²) in [7, 11) is -3.67. The van der Waals surface area contributed by atoms with Crippen molar-refractivity contribution in [1.82, 2.24) is 4.89 Å². The summed E-state index contributed by atoms with van der Waals surface area (Å²) in [6, 6.07) is 15.4. The third kappa shape index (κ3) is 4.06. The van der Waals surface area contributed by atoms with Crippen molar-refractivity contribution in [3.05, 3.63) is 60.2 Å². The average Bonchev–Trinajstić information content (AvgIpc) is 2.46. The number of benzene rings is 2. The molecule has 0 saturated carbocycles. The molecule has 21 heavy (non-hydrogen) atoms. The Kier molecular flexibility index (Phi) is 4.34. The maximum atomic E-state index is 12.0. The van der Waals surface area contributed by atoms with Crippen LogP contribution in [0.15, 0.2) is 59.5 Å². The largest absolute Gasteiger partial charge is 0.394 e. The Balaban J connectivity index is 2.07. The Labute approximate surface area is 125 Å². The Bertz CT molecular complexity index is 687. The molecule has 2 rings (SSSR count). The highest BCUT2D eigenvalue weighted by Crippen LogP contribution is 2.24. The van der Waals surface area contributed by atoms with Crippen molar-refractivity contribution in [2.24, 2.45) is 0 Å². The van der Waals surface area contributed by atoms with Crippen LogP contribution in [0.1, 0.15) is 26.3 Å². The Morgan fingerprint density at radius 2 is 1.48 bits per heavy atom. The van der Waals surface area contributed by atoms with Gasteiger partial charge in [0.2, 0.25) is 0 Å². The third-order valence-electron chi connectivity index (χ3n) is 3.04. The number of sulfonamides is 1. The second kappa shape index (κ2) is 5.87. The van der Waals surface area contributed by atoms with Gasteiger partial charge in [-0.1, -0.05) is 51.1 Å². The number of hydrogen-bond acceptors (Lipinski definition) is 3. The fourth-order valence-corrected chi connectivity index (χ4v) is 2.59. The lowest BCUT2D eigenvalue weighted by molar-refractivity contribution is 0.269. The van der Waals surface area contributed by atoms with Crippen LogP contribution in [0, 0.1) is 0 Å². The standard InChI is InChI=1S/C16H19NO3S/c1-16(2,3)13-9-11-14(12-10-13)20-17-21(18,19)15-7-5-4-6-8-15/h4-12,17H,1-3H3. The van der Waals surface area contributed by atoms with Gasteiger partial charge < -0.3 is 4.84 Å². The Morgan fingerprint density at radius 3 is 2.00 bits per heavy atom. The second-order valence-corrected chi connectivity index (χ2v) is 7.42. The van der Waals surface area contributed by atoms with E-state index in [1.807, 2.05) is 12.1 Å². The molecule has 0 atom stereocenters. The lowest BCUT2D eigenvalue weighted by atomic mass is 9.87. The topological polar surface area (TPSA) is 55.4 Å². The first-order valence-corrected chi connectivity index (χ1v) is 8.12. The van der Waals surface area contributed by atoms with Crippen LogP contribution in [0.4, 0.5) is 0 Å². The van der Waals surface area contributed by atoms with E-state index in [9.17, 15) is 8.42 Å². The maximum absolute atomic E-state index is 12.0. The molecule has 0 spiro atoms. The Hall–Kier alpha value is -1.85. The summed E-state index contributed by atoms with van der Waals surface area (Å²) in [6.45, 7) is 6.34. The third-order valence-corrected chi connectivity index (χ3v) is 4.24. The van der Waals surface area contributed by atoms with Crippen LogP contribution in [0.2, 0.25) is 0 Å². The summed E-state index contributed by atoms with van der Waals surface area (Å²) in [5, 5.41) is 0. The maximum Gasteiger partial charge on any atom is 0.271 e. The molecule has 0 amide bonds. The molecule has 0 aliphatic rings. The van der Waals surface area contributed by atoms with Gasteiger partial charge in [0.15, 0.2) is 0 Å². The minimum absolute atomic E-state index is 0.0437. The quantitative estimate of drug-likeness (QED) is 0.882. The molecule has 0 fully saturated rings. The molecular formula is C16H19NO3S. The first-order valence-electron chi connectivity index (χ1n) is 6.63. The van der Waals surface area contributed by atoms with E-state index in [0.29, 0.717) is 5.75 Å². The summed E-state index contributed by atoms with van der Waals surface area (Å²) in [5.74, 6) is 0.447. The van der Waals surface area contributed by atoms with E-state index >= 15 is 0 Å². The van der Waals surface area contributed by atoms with E-state index in [1.165, 1.54) is 12.1 Å². The molecule has 4 nitrogen and oxygen atoms in total. The lowest BCUT2D eigenvalue weighted by Gasteiger charge is -2.19. The average molecular weight is 305 g/mol. The molecule has 0 bridgehead atoms. The molecule has 0 aromatic heterocycles. The summed E-state index contributed by atoms with van der Waals surface area (Å²) in [4.78, 5) is 7.44. The molecule has 2 aromatic rings. The minimum Gasteiger partial charge on any atom is -0.394 e. The van der Waals surface area contributed by atoms with E-state index in [1.54, 1.807) is 30.3 Å². The molecule has 0 aliphatic heterocycles. The van der Waals surface area contributed by atoms with Crippen molar-refractivity contribution in [2.45, 2.75) is 31.1 Å². The molecule has 0 saturated heterocycles. The number of nitrogens with one attached hydrogen (secondary N) is 1. The van der Waals surface area contributed by atoms with Crippen LogP contribution in [-0.2, 0) is 15.4 Å². The van der Waals surface area contributed by atoms with Gasteiger partial charge >= 0.3 is 0 Å². The second-order valence-electron chi connectivity index (χ2n) is 5.78. The molecular weight excluding hydrogens is 286 g/mol. The van der Waals surface area contributed by atoms with Crippen LogP contribution < -0.4 is 9.72 Å². The van der Waals surface area contributed by atoms with E-state index in [4.69, 9.17) is 4.84 Å². The molecule has 112 valence electrons. The molecule has 2 aromatic carbocycles. The van der Waals surface area contributed by atoms with E-state index < -0.39 is 10.0 Å². The highest BCUT2D eigenvalue weighted by molar-refractivity contribution is 7.89. The molecule has 1 N–H and O–H groups in total. The van der Waals surface area contributed by atoms with Crippen LogP contribution in [0.3, 0.4) is 0 Å². The van der Waals surface area contributed by atoms with Gasteiger partial charge in [-0.15, -0.1) is 0 Å².